The number of nitrogens with zero attached hydrogens (tertiary/aromatic N) is 3. The van der Waals surface area contributed by atoms with E-state index in [0.717, 1.165) is 11.1 Å². The summed E-state index contributed by atoms with van der Waals surface area (Å²) in [5, 5.41) is 12.1. The molecule has 0 radical (unpaired) electrons. The zero-order valence-electron chi connectivity index (χ0n) is 9.28. The Bertz CT molecular complexity index is 463. The minimum Gasteiger partial charge on any atom is -0.481 e. The molecule has 1 N–H and O–H groups in total. The number of azide groups is 1. The lowest BCUT2D eigenvalue weighted by Crippen LogP contribution is -1.99. The van der Waals surface area contributed by atoms with E-state index in [1.165, 1.54) is 0 Å². The summed E-state index contributed by atoms with van der Waals surface area (Å²) >= 11 is 0. The number of aliphatic carboxylic acids is 1. The summed E-state index contributed by atoms with van der Waals surface area (Å²) in [5.41, 5.74) is 9.80. The molecule has 17 heavy (non-hydrogen) atoms. The molecule has 0 unspecified atom stereocenters. The number of carboxylic acids is 1. The fourth-order valence-electron chi connectivity index (χ4n) is 1.38. The first-order chi connectivity index (χ1) is 8.22. The maximum atomic E-state index is 10.5. The highest BCUT2D eigenvalue weighted by Gasteiger charge is 1.99. The lowest BCUT2D eigenvalue weighted by atomic mass is 10.1. The van der Waals surface area contributed by atoms with Crippen molar-refractivity contribution in [2.24, 2.45) is 5.11 Å². The summed E-state index contributed by atoms with van der Waals surface area (Å²) in [6.07, 6.45) is 4.49. The predicted octanol–water partition coefficient (Wildman–Crippen LogP) is 3.03. The molecule has 5 heteroatoms. The molecule has 5 nitrogen and oxygen atoms in total. The van der Waals surface area contributed by atoms with E-state index >= 15 is 0 Å². The van der Waals surface area contributed by atoms with E-state index in [1.807, 2.05) is 30.4 Å². The van der Waals surface area contributed by atoms with E-state index in [1.54, 1.807) is 6.07 Å². The van der Waals surface area contributed by atoms with Crippen molar-refractivity contribution in [3.63, 3.8) is 0 Å². The Morgan fingerprint density at radius 1 is 1.53 bits per heavy atom. The second kappa shape index (κ2) is 7.09. The highest BCUT2D eigenvalue weighted by molar-refractivity contribution is 5.70. The number of carboxylic acid groups (broad SMARTS) is 1. The molecule has 1 rings (SSSR count). The van der Waals surface area contributed by atoms with Crippen LogP contribution < -0.4 is 0 Å². The van der Waals surface area contributed by atoms with Crippen molar-refractivity contribution < 1.29 is 9.90 Å². The molecular formula is C12H13N3O2. The molecule has 0 aliphatic carbocycles. The standard InChI is InChI=1S/C12H13N3O2/c13-15-14-7-2-1-4-10-5-3-6-11(8-10)9-12(16)17/h1,3-6,8H,2,7,9H2,(H,16,17). The molecule has 1 aromatic rings. The van der Waals surface area contributed by atoms with Gasteiger partial charge >= 0.3 is 5.97 Å². The predicted molar refractivity (Wildman–Crippen MR) is 65.4 cm³/mol. The molecule has 0 saturated carbocycles. The smallest absolute Gasteiger partial charge is 0.307 e. The van der Waals surface area contributed by atoms with Crippen LogP contribution in [0.4, 0.5) is 0 Å². The molecule has 0 spiro atoms. The van der Waals surface area contributed by atoms with E-state index in [-0.39, 0.29) is 6.42 Å². The van der Waals surface area contributed by atoms with Crippen LogP contribution in [0.15, 0.2) is 35.5 Å². The second-order valence-electron chi connectivity index (χ2n) is 3.46. The van der Waals surface area contributed by atoms with Crippen molar-refractivity contribution in [2.75, 3.05) is 6.54 Å². The number of hydrogen-bond donors (Lipinski definition) is 1. The van der Waals surface area contributed by atoms with Gasteiger partial charge in [0.05, 0.1) is 6.42 Å². The first kappa shape index (κ1) is 12.8. The normalized spacial score (nSPS) is 10.1. The Hall–Kier alpha value is -2.26. The summed E-state index contributed by atoms with van der Waals surface area (Å²) in [5.74, 6) is -0.838. The van der Waals surface area contributed by atoms with Crippen LogP contribution in [0.25, 0.3) is 16.5 Å². The first-order valence-corrected chi connectivity index (χ1v) is 5.20. The average Bonchev–Trinajstić information content (AvgIpc) is 2.28. The van der Waals surface area contributed by atoms with E-state index in [2.05, 4.69) is 10.0 Å². The summed E-state index contributed by atoms with van der Waals surface area (Å²) in [6.45, 7) is 0.432. The average molecular weight is 231 g/mol. The molecular weight excluding hydrogens is 218 g/mol. The minimum atomic E-state index is -0.838. The van der Waals surface area contributed by atoms with Crippen LogP contribution >= 0.6 is 0 Å². The Morgan fingerprint density at radius 3 is 3.06 bits per heavy atom. The highest BCUT2D eigenvalue weighted by Crippen LogP contribution is 2.08. The van der Waals surface area contributed by atoms with Gasteiger partial charge in [-0.2, -0.15) is 0 Å². The van der Waals surface area contributed by atoms with Gasteiger partial charge in [0.2, 0.25) is 0 Å². The van der Waals surface area contributed by atoms with Crippen LogP contribution in [-0.4, -0.2) is 17.6 Å². The number of benzene rings is 1. The van der Waals surface area contributed by atoms with Gasteiger partial charge in [-0.15, -0.1) is 0 Å². The van der Waals surface area contributed by atoms with Crippen LogP contribution in [0.5, 0.6) is 0 Å². The van der Waals surface area contributed by atoms with Crippen molar-refractivity contribution in [2.45, 2.75) is 12.8 Å². The Morgan fingerprint density at radius 2 is 2.35 bits per heavy atom. The molecule has 0 aromatic heterocycles. The van der Waals surface area contributed by atoms with Crippen LogP contribution in [0.1, 0.15) is 17.5 Å². The molecule has 0 bridgehead atoms. The number of hydrogen-bond acceptors (Lipinski definition) is 2. The molecule has 0 heterocycles. The van der Waals surface area contributed by atoms with E-state index in [0.29, 0.717) is 13.0 Å². The number of rotatable bonds is 6. The molecule has 88 valence electrons. The summed E-state index contributed by atoms with van der Waals surface area (Å²) in [4.78, 5) is 13.2. The molecule has 0 aliphatic heterocycles. The zero-order chi connectivity index (χ0) is 12.5. The molecule has 0 amide bonds. The first-order valence-electron chi connectivity index (χ1n) is 5.20. The minimum absolute atomic E-state index is 0.0282. The van der Waals surface area contributed by atoms with Gasteiger partial charge in [0.25, 0.3) is 0 Å². The van der Waals surface area contributed by atoms with Gasteiger partial charge in [0.1, 0.15) is 0 Å². The molecule has 0 fully saturated rings. The second-order valence-corrected chi connectivity index (χ2v) is 3.46. The Labute approximate surface area is 99.0 Å². The van der Waals surface area contributed by atoms with Crippen molar-refractivity contribution >= 4 is 12.0 Å². The lowest BCUT2D eigenvalue weighted by Gasteiger charge is -1.98. The van der Waals surface area contributed by atoms with Gasteiger partial charge < -0.3 is 5.11 Å². The fraction of sp³-hybridized carbons (Fsp3) is 0.250. The van der Waals surface area contributed by atoms with Gasteiger partial charge in [0.15, 0.2) is 0 Å². The van der Waals surface area contributed by atoms with Crippen LogP contribution in [0.2, 0.25) is 0 Å². The van der Waals surface area contributed by atoms with Crippen molar-refractivity contribution in [1.29, 1.82) is 0 Å². The Balaban J connectivity index is 2.58. The monoisotopic (exact) mass is 231 g/mol. The fourth-order valence-corrected chi connectivity index (χ4v) is 1.38. The SMILES string of the molecule is [N-]=[N+]=NCCC=Cc1cccc(CC(=O)O)c1. The summed E-state index contributed by atoms with van der Waals surface area (Å²) in [7, 11) is 0. The highest BCUT2D eigenvalue weighted by atomic mass is 16.4. The van der Waals surface area contributed by atoms with Crippen LogP contribution in [-0.2, 0) is 11.2 Å². The van der Waals surface area contributed by atoms with Crippen molar-refractivity contribution in [1.82, 2.24) is 0 Å². The summed E-state index contributed by atoms with van der Waals surface area (Å²) in [6, 6.07) is 7.34. The third-order valence-electron chi connectivity index (χ3n) is 2.08. The number of carbonyl (C=O) groups is 1. The quantitative estimate of drug-likeness (QED) is 0.353. The summed E-state index contributed by atoms with van der Waals surface area (Å²) < 4.78 is 0. The maximum absolute atomic E-state index is 10.5. The molecule has 0 saturated heterocycles. The molecule has 0 aliphatic rings. The van der Waals surface area contributed by atoms with Crippen LogP contribution in [0.3, 0.4) is 0 Å². The van der Waals surface area contributed by atoms with Gasteiger partial charge in [-0.3, -0.25) is 4.79 Å². The Kier molecular flexibility index (Phi) is 5.34. The van der Waals surface area contributed by atoms with Gasteiger partial charge in [-0.1, -0.05) is 41.5 Å². The maximum Gasteiger partial charge on any atom is 0.307 e. The van der Waals surface area contributed by atoms with Gasteiger partial charge in [-0.25, -0.2) is 0 Å². The molecule has 0 atom stereocenters. The molecule has 1 aromatic carbocycles. The van der Waals surface area contributed by atoms with E-state index < -0.39 is 5.97 Å². The van der Waals surface area contributed by atoms with Crippen molar-refractivity contribution in [3.8, 4) is 0 Å². The lowest BCUT2D eigenvalue weighted by molar-refractivity contribution is -0.136. The largest absolute Gasteiger partial charge is 0.481 e. The van der Waals surface area contributed by atoms with Crippen LogP contribution in [0, 0.1) is 0 Å². The third-order valence-corrected chi connectivity index (χ3v) is 2.08. The third kappa shape index (κ3) is 5.39. The van der Waals surface area contributed by atoms with E-state index in [9.17, 15) is 4.79 Å². The van der Waals surface area contributed by atoms with Crippen molar-refractivity contribution in [3.05, 3.63) is 51.9 Å². The van der Waals surface area contributed by atoms with E-state index in [4.69, 9.17) is 10.6 Å². The van der Waals surface area contributed by atoms with Gasteiger partial charge in [-0.05, 0) is 23.1 Å². The topological polar surface area (TPSA) is 86.1 Å². The zero-order valence-corrected chi connectivity index (χ0v) is 9.28. The van der Waals surface area contributed by atoms with Gasteiger partial charge in [0, 0.05) is 11.5 Å².